The van der Waals surface area contributed by atoms with Crippen LogP contribution in [0.5, 0.6) is 0 Å². The molecule has 10 rings (SSSR count). The third kappa shape index (κ3) is 3.74. The van der Waals surface area contributed by atoms with E-state index >= 15 is 0 Å². The van der Waals surface area contributed by atoms with Gasteiger partial charge in [0, 0.05) is 28.5 Å². The van der Waals surface area contributed by atoms with Crippen LogP contribution in [0.3, 0.4) is 0 Å². The molecule has 47 heavy (non-hydrogen) atoms. The Hall–Kier alpha value is -5.79. The van der Waals surface area contributed by atoms with Crippen LogP contribution in [0.15, 0.2) is 164 Å². The highest BCUT2D eigenvalue weighted by molar-refractivity contribution is 6.24. The molecule has 1 heteroatoms. The van der Waals surface area contributed by atoms with Gasteiger partial charge in [-0.1, -0.05) is 140 Å². The molecule has 0 aliphatic heterocycles. The number of fused-ring (bicyclic) bond motifs is 8. The molecule has 0 saturated heterocycles. The van der Waals surface area contributed by atoms with E-state index in [0.29, 0.717) is 0 Å². The quantitative estimate of drug-likeness (QED) is 0.185. The first-order valence-corrected chi connectivity index (χ1v) is 16.5. The summed E-state index contributed by atoms with van der Waals surface area (Å²) in [7, 11) is 0. The number of rotatable bonds is 3. The minimum absolute atomic E-state index is 0.127. The molecule has 0 spiro atoms. The van der Waals surface area contributed by atoms with Crippen LogP contribution in [0.1, 0.15) is 24.0 Å². The van der Waals surface area contributed by atoms with Gasteiger partial charge in [-0.05, 0) is 95.5 Å². The second-order valence-corrected chi connectivity index (χ2v) is 13.3. The first kappa shape index (κ1) is 26.4. The van der Waals surface area contributed by atoms with Crippen molar-refractivity contribution in [1.29, 1.82) is 0 Å². The van der Waals surface area contributed by atoms with Gasteiger partial charge in [0.25, 0.3) is 0 Å². The van der Waals surface area contributed by atoms with Gasteiger partial charge in [-0.3, -0.25) is 4.98 Å². The van der Waals surface area contributed by atoms with Crippen LogP contribution in [0.4, 0.5) is 0 Å². The fourth-order valence-electron chi connectivity index (χ4n) is 8.60. The summed E-state index contributed by atoms with van der Waals surface area (Å²) in [6.07, 6.45) is 11.2. The third-order valence-electron chi connectivity index (χ3n) is 10.8. The Kier molecular flexibility index (Phi) is 5.54. The Bertz CT molecular complexity index is 2620. The Labute approximate surface area is 274 Å². The molecule has 2 unspecified atom stereocenters. The topological polar surface area (TPSA) is 12.9 Å². The summed E-state index contributed by atoms with van der Waals surface area (Å²) in [5, 5.41) is 9.02. The largest absolute Gasteiger partial charge is 0.256 e. The smallest absolute Gasteiger partial charge is 0.0780 e. The summed E-state index contributed by atoms with van der Waals surface area (Å²) in [6.45, 7) is 2.43. The van der Waals surface area contributed by atoms with Crippen molar-refractivity contribution >= 4 is 43.2 Å². The first-order valence-electron chi connectivity index (χ1n) is 16.5. The molecular formula is C46H31N. The Morgan fingerprint density at radius 2 is 1.30 bits per heavy atom. The second-order valence-electron chi connectivity index (χ2n) is 13.3. The highest BCUT2D eigenvalue weighted by Crippen LogP contribution is 2.58. The number of para-hydroxylation sites is 1. The van der Waals surface area contributed by atoms with Gasteiger partial charge in [0.05, 0.1) is 5.52 Å². The summed E-state index contributed by atoms with van der Waals surface area (Å²) in [4.78, 5) is 4.91. The molecule has 0 N–H and O–H groups in total. The molecule has 1 aromatic heterocycles. The summed E-state index contributed by atoms with van der Waals surface area (Å²) in [5.41, 5.74) is 11.2. The zero-order valence-electron chi connectivity index (χ0n) is 26.1. The predicted octanol–water partition coefficient (Wildman–Crippen LogP) is 12.2. The fourth-order valence-corrected chi connectivity index (χ4v) is 8.60. The minimum atomic E-state index is -0.127. The zero-order valence-corrected chi connectivity index (χ0v) is 26.1. The fraction of sp³-hybridized carbons (Fsp3) is 0.0652. The second kappa shape index (κ2) is 9.85. The van der Waals surface area contributed by atoms with Crippen LogP contribution in [0, 0.1) is 0 Å². The Morgan fingerprint density at radius 3 is 2.15 bits per heavy atom. The van der Waals surface area contributed by atoms with Gasteiger partial charge in [-0.25, -0.2) is 0 Å². The summed E-state index contributed by atoms with van der Waals surface area (Å²) >= 11 is 0. The van der Waals surface area contributed by atoms with Crippen molar-refractivity contribution in [2.24, 2.45) is 0 Å². The standard InChI is InChI=1S/C46H31N/c1-46-24-9-8-19-42(46)41-28-38-34-21-20-32(29-12-4-2-5-13-29)26-37(34)40(36-18-10-16-31-17-11-25-47-45(31)36)27-39(38)35-23-22-33(44(46)43(35)41)30-14-6-3-7-15-30/h2-28,42H,1H3. The van der Waals surface area contributed by atoms with Crippen LogP contribution >= 0.6 is 0 Å². The molecule has 0 bridgehead atoms. The van der Waals surface area contributed by atoms with Gasteiger partial charge in [0.1, 0.15) is 0 Å². The van der Waals surface area contributed by atoms with Crippen LogP contribution in [0.2, 0.25) is 0 Å². The van der Waals surface area contributed by atoms with Gasteiger partial charge in [0.2, 0.25) is 0 Å². The lowest BCUT2D eigenvalue weighted by molar-refractivity contribution is 0.552. The average molecular weight is 598 g/mol. The van der Waals surface area contributed by atoms with E-state index in [1.54, 1.807) is 0 Å². The van der Waals surface area contributed by atoms with Crippen LogP contribution in [0.25, 0.3) is 76.6 Å². The van der Waals surface area contributed by atoms with Gasteiger partial charge >= 0.3 is 0 Å². The van der Waals surface area contributed by atoms with E-state index in [9.17, 15) is 0 Å². The molecule has 0 radical (unpaired) electrons. The number of pyridine rings is 1. The first-order chi connectivity index (χ1) is 23.2. The maximum absolute atomic E-state index is 4.91. The number of hydrogen-bond acceptors (Lipinski definition) is 1. The SMILES string of the molecule is CC12C=CC=CC1c1cc3c4ccc(-c5ccccc5)cc4c(-c4cccc5cccnc45)cc3c3ccc(-c4ccccc4)c2c13. The van der Waals surface area contributed by atoms with Crippen LogP contribution in [-0.4, -0.2) is 4.98 Å². The zero-order chi connectivity index (χ0) is 31.1. The lowest BCUT2D eigenvalue weighted by atomic mass is 9.71. The predicted molar refractivity (Wildman–Crippen MR) is 199 cm³/mol. The van der Waals surface area contributed by atoms with E-state index in [0.717, 1.165) is 10.9 Å². The maximum Gasteiger partial charge on any atom is 0.0780 e. The minimum Gasteiger partial charge on any atom is -0.256 e. The molecule has 7 aromatic carbocycles. The van der Waals surface area contributed by atoms with E-state index in [-0.39, 0.29) is 11.3 Å². The highest BCUT2D eigenvalue weighted by Gasteiger charge is 2.44. The van der Waals surface area contributed by atoms with Gasteiger partial charge in [0.15, 0.2) is 0 Å². The molecule has 220 valence electrons. The van der Waals surface area contributed by atoms with E-state index in [4.69, 9.17) is 4.98 Å². The van der Waals surface area contributed by atoms with Crippen molar-refractivity contribution in [3.63, 3.8) is 0 Å². The number of benzene rings is 7. The van der Waals surface area contributed by atoms with Crippen molar-refractivity contribution in [3.05, 3.63) is 175 Å². The summed E-state index contributed by atoms with van der Waals surface area (Å²) in [6, 6.07) is 49.2. The molecule has 0 saturated carbocycles. The molecule has 8 aromatic rings. The Balaban J connectivity index is 1.37. The van der Waals surface area contributed by atoms with Crippen molar-refractivity contribution in [2.45, 2.75) is 18.3 Å². The summed E-state index contributed by atoms with van der Waals surface area (Å²) in [5.74, 6) is 0.278. The molecule has 0 fully saturated rings. The average Bonchev–Trinajstić information content (AvgIpc) is 3.40. The van der Waals surface area contributed by atoms with Gasteiger partial charge < -0.3 is 0 Å². The monoisotopic (exact) mass is 597 g/mol. The lowest BCUT2D eigenvalue weighted by Crippen LogP contribution is -2.24. The van der Waals surface area contributed by atoms with E-state index in [2.05, 4.69) is 159 Å². The molecule has 1 nitrogen and oxygen atoms in total. The van der Waals surface area contributed by atoms with Gasteiger partial charge in [-0.15, -0.1) is 0 Å². The highest BCUT2D eigenvalue weighted by atomic mass is 14.6. The number of allylic oxidation sites excluding steroid dienone is 4. The molecule has 1 heterocycles. The van der Waals surface area contributed by atoms with Crippen molar-refractivity contribution in [1.82, 2.24) is 4.98 Å². The number of hydrogen-bond donors (Lipinski definition) is 0. The van der Waals surface area contributed by atoms with E-state index < -0.39 is 0 Å². The third-order valence-corrected chi connectivity index (χ3v) is 10.8. The molecule has 2 aliphatic carbocycles. The van der Waals surface area contributed by atoms with Crippen molar-refractivity contribution < 1.29 is 0 Å². The van der Waals surface area contributed by atoms with Gasteiger partial charge in [-0.2, -0.15) is 0 Å². The normalized spacial score (nSPS) is 18.0. The van der Waals surface area contributed by atoms with E-state index in [1.807, 2.05) is 12.3 Å². The molecule has 0 amide bonds. The lowest BCUT2D eigenvalue weighted by Gasteiger charge is -2.32. The van der Waals surface area contributed by atoms with Crippen molar-refractivity contribution in [3.8, 4) is 33.4 Å². The van der Waals surface area contributed by atoms with Crippen LogP contribution in [-0.2, 0) is 5.41 Å². The molecule has 2 aliphatic rings. The number of aromatic nitrogens is 1. The van der Waals surface area contributed by atoms with Crippen molar-refractivity contribution in [2.75, 3.05) is 0 Å². The maximum atomic E-state index is 4.91. The molecule has 2 atom stereocenters. The number of nitrogens with zero attached hydrogens (tertiary/aromatic N) is 1. The van der Waals surface area contributed by atoms with Crippen LogP contribution < -0.4 is 0 Å². The Morgan fingerprint density at radius 1 is 0.532 bits per heavy atom. The molecular weight excluding hydrogens is 567 g/mol. The summed E-state index contributed by atoms with van der Waals surface area (Å²) < 4.78 is 0. The van der Waals surface area contributed by atoms with E-state index in [1.165, 1.54) is 76.8 Å².